The summed E-state index contributed by atoms with van der Waals surface area (Å²) in [5.74, 6) is -0.307. The molecule has 0 aliphatic rings. The number of fused-ring (bicyclic) bond motifs is 6. The molecule has 44 heavy (non-hydrogen) atoms. The third kappa shape index (κ3) is 4.29. The molecule has 0 radical (unpaired) electrons. The van der Waals surface area contributed by atoms with Crippen LogP contribution in [0.3, 0.4) is 0 Å². The van der Waals surface area contributed by atoms with Gasteiger partial charge in [0.05, 0.1) is 34.2 Å². The highest BCUT2D eigenvalue weighted by atomic mass is 32.2. The molecule has 4 aromatic carbocycles. The van der Waals surface area contributed by atoms with Crippen LogP contribution in [0.15, 0.2) is 83.3 Å². The highest BCUT2D eigenvalue weighted by Gasteiger charge is 2.26. The Morgan fingerprint density at radius 2 is 1.75 bits per heavy atom. The Hall–Kier alpha value is -5.22. The first-order valence-corrected chi connectivity index (χ1v) is 15.7. The molecular formula is C34H27FN4O4S. The molecule has 0 unspecified atom stereocenters. The van der Waals surface area contributed by atoms with Gasteiger partial charge in [-0.05, 0) is 31.2 Å². The average molecular weight is 607 g/mol. The summed E-state index contributed by atoms with van der Waals surface area (Å²) in [5.41, 5.74) is 5.64. The number of hydrogen-bond donors (Lipinski definition) is 2. The normalized spacial score (nSPS) is 12.0. The van der Waals surface area contributed by atoms with Gasteiger partial charge in [-0.2, -0.15) is 0 Å². The predicted molar refractivity (Wildman–Crippen MR) is 173 cm³/mol. The van der Waals surface area contributed by atoms with Gasteiger partial charge in [-0.1, -0.05) is 54.1 Å². The number of rotatable bonds is 5. The minimum atomic E-state index is -3.70. The molecule has 0 bridgehead atoms. The number of benzene rings is 4. The smallest absolute Gasteiger partial charge is 0.255 e. The number of H-pyrrole nitrogens is 1. The minimum Gasteiger partial charge on any atom is -0.455 e. The van der Waals surface area contributed by atoms with Crippen LogP contribution in [-0.4, -0.2) is 44.6 Å². The van der Waals surface area contributed by atoms with Crippen molar-refractivity contribution in [1.29, 1.82) is 0 Å². The molecule has 8 nitrogen and oxygen atoms in total. The second-order valence-electron chi connectivity index (χ2n) is 10.9. The van der Waals surface area contributed by atoms with Crippen molar-refractivity contribution < 1.29 is 22.0 Å². The van der Waals surface area contributed by atoms with E-state index in [1.807, 2.05) is 55.5 Å². The van der Waals surface area contributed by atoms with Gasteiger partial charge in [-0.25, -0.2) is 17.8 Å². The molecule has 220 valence electrons. The Kier molecular flexibility index (Phi) is 6.22. The van der Waals surface area contributed by atoms with Gasteiger partial charge in [0, 0.05) is 58.4 Å². The Balaban J connectivity index is 1.54. The lowest BCUT2D eigenvalue weighted by Gasteiger charge is -2.20. The van der Waals surface area contributed by atoms with E-state index < -0.39 is 10.0 Å². The van der Waals surface area contributed by atoms with E-state index >= 15 is 0 Å². The fourth-order valence-corrected chi connectivity index (χ4v) is 6.25. The maximum atomic E-state index is 14.8. The molecular weight excluding hydrogens is 579 g/mol. The zero-order valence-corrected chi connectivity index (χ0v) is 25.1. The standard InChI is InChI=1S/C34H27FN4O4S/c1-18-8-10-20(11-9-18)33-30(34(40)36-2)23-16-22(27(17-28(23)43-33)39(3)44(4,41)42)25-15-13-19-12-14-21-29-24(35)6-5-7-26(29)38-32(21)31(19)37-25/h5-17,38H,1-4H3,(H,36,40). The van der Waals surface area contributed by atoms with Crippen LogP contribution < -0.4 is 9.62 Å². The number of nitrogens with one attached hydrogen (secondary N) is 2. The number of amides is 1. The summed E-state index contributed by atoms with van der Waals surface area (Å²) in [6.07, 6.45) is 1.12. The van der Waals surface area contributed by atoms with Crippen LogP contribution in [0.1, 0.15) is 15.9 Å². The van der Waals surface area contributed by atoms with Gasteiger partial charge in [0.1, 0.15) is 17.2 Å². The van der Waals surface area contributed by atoms with Crippen molar-refractivity contribution in [3.8, 4) is 22.6 Å². The Bertz CT molecular complexity index is 2410. The maximum absolute atomic E-state index is 14.8. The van der Waals surface area contributed by atoms with Crippen molar-refractivity contribution in [2.75, 3.05) is 24.7 Å². The number of hydrogen-bond acceptors (Lipinski definition) is 5. The van der Waals surface area contributed by atoms with Crippen LogP contribution >= 0.6 is 0 Å². The molecule has 0 spiro atoms. The van der Waals surface area contributed by atoms with Gasteiger partial charge in [0.15, 0.2) is 0 Å². The monoisotopic (exact) mass is 606 g/mol. The number of sulfonamides is 1. The fraction of sp³-hybridized carbons (Fsp3) is 0.118. The molecule has 2 N–H and O–H groups in total. The summed E-state index contributed by atoms with van der Waals surface area (Å²) in [4.78, 5) is 21.6. The zero-order chi connectivity index (χ0) is 30.9. The molecule has 10 heteroatoms. The number of aryl methyl sites for hydroxylation is 1. The Morgan fingerprint density at radius 1 is 1.00 bits per heavy atom. The number of nitrogens with zero attached hydrogens (tertiary/aromatic N) is 2. The fourth-order valence-electron chi connectivity index (χ4n) is 5.75. The molecule has 0 aliphatic heterocycles. The van der Waals surface area contributed by atoms with Crippen molar-refractivity contribution in [1.82, 2.24) is 15.3 Å². The van der Waals surface area contributed by atoms with Crippen LogP contribution in [0, 0.1) is 12.7 Å². The number of halogens is 1. The van der Waals surface area contributed by atoms with Crippen molar-refractivity contribution in [3.05, 3.63) is 95.8 Å². The quantitative estimate of drug-likeness (QED) is 0.216. The minimum absolute atomic E-state index is 0.328. The number of aromatic nitrogens is 2. The van der Waals surface area contributed by atoms with E-state index in [1.54, 1.807) is 31.3 Å². The summed E-state index contributed by atoms with van der Waals surface area (Å²) >= 11 is 0. The van der Waals surface area contributed by atoms with Crippen molar-refractivity contribution in [2.45, 2.75) is 6.92 Å². The maximum Gasteiger partial charge on any atom is 0.255 e. The average Bonchev–Trinajstić information content (AvgIpc) is 3.58. The number of furan rings is 1. The first-order valence-electron chi connectivity index (χ1n) is 13.9. The molecule has 3 heterocycles. The van der Waals surface area contributed by atoms with E-state index in [0.29, 0.717) is 72.1 Å². The Labute approximate surface area is 252 Å². The van der Waals surface area contributed by atoms with Gasteiger partial charge in [0.2, 0.25) is 10.0 Å². The van der Waals surface area contributed by atoms with E-state index in [9.17, 15) is 17.6 Å². The highest BCUT2D eigenvalue weighted by Crippen LogP contribution is 2.42. The first kappa shape index (κ1) is 27.6. The molecule has 0 atom stereocenters. The van der Waals surface area contributed by atoms with Crippen LogP contribution in [0.25, 0.3) is 66.3 Å². The van der Waals surface area contributed by atoms with Crippen LogP contribution in [0.2, 0.25) is 0 Å². The number of pyridine rings is 1. The number of carbonyl (C=O) groups excluding carboxylic acids is 1. The van der Waals surface area contributed by atoms with E-state index in [-0.39, 0.29) is 11.7 Å². The van der Waals surface area contributed by atoms with E-state index in [1.165, 1.54) is 17.4 Å². The SMILES string of the molecule is CNC(=O)c1c(-c2ccc(C)cc2)oc2cc(N(C)S(C)(=O)=O)c(-c3ccc4ccc5c([nH]c6cccc(F)c65)c4n3)cc12. The summed E-state index contributed by atoms with van der Waals surface area (Å²) in [6.45, 7) is 1.97. The second kappa shape index (κ2) is 9.92. The molecule has 0 fully saturated rings. The molecule has 0 saturated heterocycles. The third-order valence-electron chi connectivity index (χ3n) is 8.09. The predicted octanol–water partition coefficient (Wildman–Crippen LogP) is 7.15. The zero-order valence-electron chi connectivity index (χ0n) is 24.3. The van der Waals surface area contributed by atoms with Crippen LogP contribution in [0.4, 0.5) is 10.1 Å². The number of anilines is 1. The highest BCUT2D eigenvalue weighted by molar-refractivity contribution is 7.92. The first-order chi connectivity index (χ1) is 21.0. The van der Waals surface area contributed by atoms with Gasteiger partial charge in [-0.3, -0.25) is 9.10 Å². The lowest BCUT2D eigenvalue weighted by atomic mass is 10.00. The summed E-state index contributed by atoms with van der Waals surface area (Å²) in [7, 11) is -0.690. The second-order valence-corrected chi connectivity index (χ2v) is 12.9. The Morgan fingerprint density at radius 3 is 2.48 bits per heavy atom. The van der Waals surface area contributed by atoms with Crippen LogP contribution in [-0.2, 0) is 10.0 Å². The van der Waals surface area contributed by atoms with Gasteiger partial charge in [-0.15, -0.1) is 0 Å². The molecule has 7 rings (SSSR count). The number of aromatic amines is 1. The largest absolute Gasteiger partial charge is 0.455 e. The molecule has 0 saturated carbocycles. The van der Waals surface area contributed by atoms with Crippen molar-refractivity contribution in [2.24, 2.45) is 0 Å². The molecule has 7 aromatic rings. The van der Waals surface area contributed by atoms with Crippen molar-refractivity contribution >= 4 is 65.3 Å². The topological polar surface area (TPSA) is 108 Å². The van der Waals surface area contributed by atoms with E-state index in [0.717, 1.165) is 17.2 Å². The van der Waals surface area contributed by atoms with Gasteiger partial charge in [0.25, 0.3) is 5.91 Å². The van der Waals surface area contributed by atoms with Gasteiger partial charge < -0.3 is 14.7 Å². The molecule has 1 amide bonds. The molecule has 3 aromatic heterocycles. The van der Waals surface area contributed by atoms with Crippen LogP contribution in [0.5, 0.6) is 0 Å². The van der Waals surface area contributed by atoms with Gasteiger partial charge >= 0.3 is 0 Å². The molecule has 0 aliphatic carbocycles. The third-order valence-corrected chi connectivity index (χ3v) is 9.28. The lowest BCUT2D eigenvalue weighted by Crippen LogP contribution is -2.25. The summed E-state index contributed by atoms with van der Waals surface area (Å²) < 4.78 is 47.9. The summed E-state index contributed by atoms with van der Waals surface area (Å²) in [6, 6.07) is 23.3. The number of carbonyl (C=O) groups is 1. The van der Waals surface area contributed by atoms with Crippen molar-refractivity contribution in [3.63, 3.8) is 0 Å². The van der Waals surface area contributed by atoms with E-state index in [2.05, 4.69) is 10.3 Å². The van der Waals surface area contributed by atoms with E-state index in [4.69, 9.17) is 9.40 Å². The lowest BCUT2D eigenvalue weighted by molar-refractivity contribution is 0.0964. The summed E-state index contributed by atoms with van der Waals surface area (Å²) in [5, 5.41) is 5.21.